The number of rotatable bonds is 4. The molecule has 1 aromatic carbocycles. The van der Waals surface area contributed by atoms with E-state index in [0.29, 0.717) is 5.56 Å². The summed E-state index contributed by atoms with van der Waals surface area (Å²) in [5.41, 5.74) is 5.77. The van der Waals surface area contributed by atoms with Crippen molar-refractivity contribution in [2.24, 2.45) is 5.73 Å². The number of hydrogen-bond donors (Lipinski definition) is 2. The zero-order valence-corrected chi connectivity index (χ0v) is 11.2. The molecule has 110 valence electrons. The molecular weight excluding hydrogens is 293 g/mol. The normalized spacial score (nSPS) is 11.8. The number of sulfonamides is 1. The van der Waals surface area contributed by atoms with Crippen LogP contribution in [0.3, 0.4) is 0 Å². The first-order chi connectivity index (χ1) is 9.24. The summed E-state index contributed by atoms with van der Waals surface area (Å²) in [5, 5.41) is 0. The van der Waals surface area contributed by atoms with E-state index in [1.165, 1.54) is 24.3 Å². The van der Waals surface area contributed by atoms with Crippen LogP contribution < -0.4 is 10.5 Å². The van der Waals surface area contributed by atoms with Gasteiger partial charge < -0.3 is 5.73 Å². The van der Waals surface area contributed by atoms with Gasteiger partial charge in [0.1, 0.15) is 0 Å². The third-order valence-corrected chi connectivity index (χ3v) is 3.68. The molecule has 0 aliphatic rings. The first-order valence-electron chi connectivity index (χ1n) is 5.60. The Morgan fingerprint density at radius 1 is 1.20 bits per heavy atom. The molecule has 0 spiro atoms. The lowest BCUT2D eigenvalue weighted by Crippen LogP contribution is -2.28. The second-order valence-electron chi connectivity index (χ2n) is 3.79. The van der Waals surface area contributed by atoms with Crippen molar-refractivity contribution in [3.8, 4) is 11.8 Å². The van der Waals surface area contributed by atoms with Gasteiger partial charge in [-0.3, -0.25) is 0 Å². The molecule has 0 atom stereocenters. The maximum Gasteiger partial charge on any atom is 0.390 e. The van der Waals surface area contributed by atoms with E-state index in [9.17, 15) is 21.6 Å². The number of nitrogens with two attached hydrogens (primary N) is 1. The summed E-state index contributed by atoms with van der Waals surface area (Å²) in [7, 11) is -3.94. The van der Waals surface area contributed by atoms with Crippen LogP contribution in [0.2, 0.25) is 0 Å². The average molecular weight is 306 g/mol. The minimum Gasteiger partial charge on any atom is -0.320 e. The Hall–Kier alpha value is -1.56. The van der Waals surface area contributed by atoms with Crippen LogP contribution in [-0.4, -0.2) is 27.7 Å². The van der Waals surface area contributed by atoms with Gasteiger partial charge in [-0.15, -0.1) is 0 Å². The fourth-order valence-electron chi connectivity index (χ4n) is 1.28. The molecule has 0 bridgehead atoms. The van der Waals surface area contributed by atoms with E-state index in [1.54, 1.807) is 0 Å². The lowest BCUT2D eigenvalue weighted by molar-refractivity contribution is -0.132. The van der Waals surface area contributed by atoms with Crippen molar-refractivity contribution < 1.29 is 21.6 Å². The van der Waals surface area contributed by atoms with Gasteiger partial charge in [-0.25, -0.2) is 13.1 Å². The third kappa shape index (κ3) is 5.61. The third-order valence-electron chi connectivity index (χ3n) is 2.20. The van der Waals surface area contributed by atoms with E-state index in [1.807, 2.05) is 4.72 Å². The molecule has 1 aromatic rings. The summed E-state index contributed by atoms with van der Waals surface area (Å²) in [5.74, 6) is 5.31. The van der Waals surface area contributed by atoms with Gasteiger partial charge in [0.25, 0.3) is 0 Å². The molecule has 0 radical (unpaired) electrons. The Bertz CT molecular complexity index is 598. The van der Waals surface area contributed by atoms with Crippen molar-refractivity contribution in [3.05, 3.63) is 29.8 Å². The lowest BCUT2D eigenvalue weighted by Gasteiger charge is -2.08. The predicted octanol–water partition coefficient (Wildman–Crippen LogP) is 1.23. The molecule has 0 saturated heterocycles. The van der Waals surface area contributed by atoms with Gasteiger partial charge in [-0.05, 0) is 24.3 Å². The maximum absolute atomic E-state index is 11.9. The molecule has 0 aromatic heterocycles. The smallest absolute Gasteiger partial charge is 0.320 e. The van der Waals surface area contributed by atoms with Crippen LogP contribution in [0.5, 0.6) is 0 Å². The van der Waals surface area contributed by atoms with Crippen LogP contribution in [0.4, 0.5) is 13.2 Å². The zero-order chi connectivity index (χ0) is 15.2. The fourth-order valence-corrected chi connectivity index (χ4v) is 2.31. The molecule has 3 N–H and O–H groups in total. The van der Waals surface area contributed by atoms with Crippen LogP contribution in [0.25, 0.3) is 0 Å². The molecule has 0 unspecified atom stereocenters. The summed E-state index contributed by atoms with van der Waals surface area (Å²) in [6.45, 7) is -0.514. The second-order valence-corrected chi connectivity index (χ2v) is 5.56. The molecule has 0 aliphatic carbocycles. The van der Waals surface area contributed by atoms with Gasteiger partial charge >= 0.3 is 6.18 Å². The number of halogens is 3. The highest BCUT2D eigenvalue weighted by molar-refractivity contribution is 7.89. The standard InChI is InChI=1S/C12H13F3N2O2S/c13-12(14,15)7-9-17-20(18,19)11-5-3-10(4-6-11)2-1-8-16/h3-6,17H,7-9,16H2. The Kier molecular flexibility index (Phi) is 5.56. The number of benzene rings is 1. The highest BCUT2D eigenvalue weighted by Gasteiger charge is 2.27. The molecule has 0 amide bonds. The molecule has 0 fully saturated rings. The van der Waals surface area contributed by atoms with Gasteiger partial charge in [0.05, 0.1) is 17.9 Å². The van der Waals surface area contributed by atoms with Crippen molar-refractivity contribution in [2.45, 2.75) is 17.5 Å². The van der Waals surface area contributed by atoms with Crippen molar-refractivity contribution in [2.75, 3.05) is 13.1 Å². The second kappa shape index (κ2) is 6.74. The van der Waals surface area contributed by atoms with Crippen LogP contribution in [0.1, 0.15) is 12.0 Å². The first kappa shape index (κ1) is 16.5. The fraction of sp³-hybridized carbons (Fsp3) is 0.333. The van der Waals surface area contributed by atoms with Gasteiger partial charge in [-0.1, -0.05) is 11.8 Å². The number of hydrogen-bond acceptors (Lipinski definition) is 3. The van der Waals surface area contributed by atoms with Crippen molar-refractivity contribution in [1.82, 2.24) is 4.72 Å². The van der Waals surface area contributed by atoms with Gasteiger partial charge in [-0.2, -0.15) is 13.2 Å². The first-order valence-corrected chi connectivity index (χ1v) is 7.08. The van der Waals surface area contributed by atoms with Crippen molar-refractivity contribution >= 4 is 10.0 Å². The topological polar surface area (TPSA) is 72.2 Å². The van der Waals surface area contributed by atoms with Crippen molar-refractivity contribution in [3.63, 3.8) is 0 Å². The quantitative estimate of drug-likeness (QED) is 0.822. The van der Waals surface area contributed by atoms with E-state index in [0.717, 1.165) is 0 Å². The molecule has 0 heterocycles. The van der Waals surface area contributed by atoms with E-state index in [-0.39, 0.29) is 11.4 Å². The highest BCUT2D eigenvalue weighted by Crippen LogP contribution is 2.19. The van der Waals surface area contributed by atoms with Crippen LogP contribution in [-0.2, 0) is 10.0 Å². The van der Waals surface area contributed by atoms with Gasteiger partial charge in [0, 0.05) is 12.1 Å². The minimum absolute atomic E-state index is 0.113. The summed E-state index contributed by atoms with van der Waals surface area (Å²) in [6, 6.07) is 5.47. The average Bonchev–Trinajstić information content (AvgIpc) is 2.35. The number of nitrogens with one attached hydrogen (secondary N) is 1. The van der Waals surface area contributed by atoms with E-state index >= 15 is 0 Å². The molecule has 0 aliphatic heterocycles. The Morgan fingerprint density at radius 2 is 1.80 bits per heavy atom. The van der Waals surface area contributed by atoms with Crippen LogP contribution in [0.15, 0.2) is 29.2 Å². The summed E-state index contributed by atoms with van der Waals surface area (Å²) >= 11 is 0. The van der Waals surface area contributed by atoms with Gasteiger partial charge in [0.2, 0.25) is 10.0 Å². The maximum atomic E-state index is 11.9. The molecule has 4 nitrogen and oxygen atoms in total. The summed E-state index contributed by atoms with van der Waals surface area (Å²) in [6.07, 6.45) is -5.61. The number of alkyl halides is 3. The van der Waals surface area contributed by atoms with E-state index in [2.05, 4.69) is 11.8 Å². The van der Waals surface area contributed by atoms with Crippen molar-refractivity contribution in [1.29, 1.82) is 0 Å². The molecule has 1 rings (SSSR count). The van der Waals surface area contributed by atoms with Gasteiger partial charge in [0.15, 0.2) is 0 Å². The lowest BCUT2D eigenvalue weighted by atomic mass is 10.2. The predicted molar refractivity (Wildman–Crippen MR) is 68.2 cm³/mol. The minimum atomic E-state index is -4.40. The van der Waals surface area contributed by atoms with E-state index < -0.39 is 29.2 Å². The Labute approximate surface area is 115 Å². The molecule has 8 heteroatoms. The summed E-state index contributed by atoms with van der Waals surface area (Å²) in [4.78, 5) is -0.113. The summed E-state index contributed by atoms with van der Waals surface area (Å²) < 4.78 is 61.1. The highest BCUT2D eigenvalue weighted by atomic mass is 32.2. The Balaban J connectivity index is 2.73. The molecular formula is C12H13F3N2O2S. The molecule has 20 heavy (non-hydrogen) atoms. The van der Waals surface area contributed by atoms with Crippen LogP contribution in [0, 0.1) is 11.8 Å². The zero-order valence-electron chi connectivity index (χ0n) is 10.4. The Morgan fingerprint density at radius 3 is 2.30 bits per heavy atom. The molecule has 0 saturated carbocycles. The van der Waals surface area contributed by atoms with Crippen LogP contribution >= 0.6 is 0 Å². The van der Waals surface area contributed by atoms with E-state index in [4.69, 9.17) is 5.73 Å². The largest absolute Gasteiger partial charge is 0.390 e. The monoisotopic (exact) mass is 306 g/mol. The SMILES string of the molecule is NCC#Cc1ccc(S(=O)(=O)NCCC(F)(F)F)cc1.